The summed E-state index contributed by atoms with van der Waals surface area (Å²) in [6.45, 7) is 1.52. The standard InChI is InChI=1S/C20H25N3O3/c21-18(24)13-26-17-5-6-20(17)7-9-23(10-8-20)19(25)11-14-12-22-16-4-2-1-3-15(14)16/h1-4,12,17,22H,5-11,13H2,(H2,21,24). The minimum absolute atomic E-state index is 0.00434. The van der Waals surface area contributed by atoms with Crippen LogP contribution in [-0.4, -0.2) is 47.5 Å². The molecule has 1 saturated heterocycles. The van der Waals surface area contributed by atoms with Crippen LogP contribution >= 0.6 is 0 Å². The number of nitrogens with two attached hydrogens (primary N) is 1. The molecule has 2 heterocycles. The van der Waals surface area contributed by atoms with Crippen LogP contribution in [0, 0.1) is 5.41 Å². The van der Waals surface area contributed by atoms with Gasteiger partial charge in [-0.25, -0.2) is 0 Å². The lowest BCUT2D eigenvalue weighted by Gasteiger charge is -2.53. The van der Waals surface area contributed by atoms with Crippen LogP contribution in [0.5, 0.6) is 0 Å². The predicted molar refractivity (Wildman–Crippen MR) is 98.4 cm³/mol. The summed E-state index contributed by atoms with van der Waals surface area (Å²) in [6.07, 6.45) is 6.46. The molecule has 1 aromatic carbocycles. The Morgan fingerprint density at radius 3 is 2.69 bits per heavy atom. The van der Waals surface area contributed by atoms with Gasteiger partial charge in [-0.2, -0.15) is 0 Å². The molecule has 0 bridgehead atoms. The van der Waals surface area contributed by atoms with Gasteiger partial charge in [0, 0.05) is 35.6 Å². The molecule has 1 aliphatic carbocycles. The van der Waals surface area contributed by atoms with E-state index in [1.807, 2.05) is 29.3 Å². The summed E-state index contributed by atoms with van der Waals surface area (Å²) in [7, 11) is 0. The zero-order chi connectivity index (χ0) is 18.1. The van der Waals surface area contributed by atoms with E-state index in [4.69, 9.17) is 10.5 Å². The molecule has 1 unspecified atom stereocenters. The number of piperidine rings is 1. The van der Waals surface area contributed by atoms with Crippen molar-refractivity contribution in [1.29, 1.82) is 0 Å². The number of ether oxygens (including phenoxy) is 1. The number of carbonyl (C=O) groups is 2. The van der Waals surface area contributed by atoms with Gasteiger partial charge in [0.2, 0.25) is 11.8 Å². The highest BCUT2D eigenvalue weighted by Gasteiger charge is 2.49. The SMILES string of the molecule is NC(=O)COC1CCC12CCN(C(=O)Cc1c[nH]c3ccccc13)CC2. The largest absolute Gasteiger partial charge is 0.368 e. The van der Waals surface area contributed by atoms with E-state index < -0.39 is 5.91 Å². The Balaban J connectivity index is 1.34. The number of hydrogen-bond donors (Lipinski definition) is 2. The first-order valence-electron chi connectivity index (χ1n) is 9.30. The molecule has 4 rings (SSSR count). The number of amides is 2. The highest BCUT2D eigenvalue weighted by molar-refractivity contribution is 5.88. The molecule has 1 aromatic heterocycles. The van der Waals surface area contributed by atoms with Crippen LogP contribution in [0.4, 0.5) is 0 Å². The van der Waals surface area contributed by atoms with E-state index in [0.29, 0.717) is 6.42 Å². The second kappa shape index (κ2) is 6.76. The fourth-order valence-electron chi connectivity index (χ4n) is 4.44. The third kappa shape index (κ3) is 3.09. The van der Waals surface area contributed by atoms with Gasteiger partial charge in [-0.3, -0.25) is 9.59 Å². The maximum Gasteiger partial charge on any atom is 0.243 e. The van der Waals surface area contributed by atoms with Crippen LogP contribution in [0.25, 0.3) is 10.9 Å². The number of nitrogens with zero attached hydrogens (tertiary/aromatic N) is 1. The second-order valence-electron chi connectivity index (χ2n) is 7.58. The van der Waals surface area contributed by atoms with Crippen molar-refractivity contribution in [2.24, 2.45) is 11.1 Å². The molecule has 3 N–H and O–H groups in total. The van der Waals surface area contributed by atoms with Crippen molar-refractivity contribution in [3.05, 3.63) is 36.0 Å². The number of hydrogen-bond acceptors (Lipinski definition) is 3. The second-order valence-corrected chi connectivity index (χ2v) is 7.58. The number of primary amides is 1. The fraction of sp³-hybridized carbons (Fsp3) is 0.500. The summed E-state index contributed by atoms with van der Waals surface area (Å²) in [6, 6.07) is 8.06. The van der Waals surface area contributed by atoms with E-state index >= 15 is 0 Å². The first kappa shape index (κ1) is 17.1. The van der Waals surface area contributed by atoms with Crippen molar-refractivity contribution in [3.8, 4) is 0 Å². The monoisotopic (exact) mass is 355 g/mol. The van der Waals surface area contributed by atoms with Crippen LogP contribution in [0.2, 0.25) is 0 Å². The van der Waals surface area contributed by atoms with Crippen molar-refractivity contribution < 1.29 is 14.3 Å². The first-order chi connectivity index (χ1) is 12.6. The molecule has 26 heavy (non-hydrogen) atoms. The third-order valence-corrected chi connectivity index (χ3v) is 6.14. The van der Waals surface area contributed by atoms with Gasteiger partial charge in [-0.15, -0.1) is 0 Å². The zero-order valence-electron chi connectivity index (χ0n) is 14.9. The van der Waals surface area contributed by atoms with Gasteiger partial charge in [0.05, 0.1) is 12.5 Å². The molecular weight excluding hydrogens is 330 g/mol. The predicted octanol–water partition coefficient (Wildman–Crippen LogP) is 1.98. The van der Waals surface area contributed by atoms with E-state index in [2.05, 4.69) is 11.1 Å². The van der Waals surface area contributed by atoms with E-state index in [9.17, 15) is 9.59 Å². The normalized spacial score (nSPS) is 21.7. The minimum atomic E-state index is -0.418. The molecular formula is C20H25N3O3. The van der Waals surface area contributed by atoms with E-state index in [0.717, 1.165) is 55.2 Å². The lowest BCUT2D eigenvalue weighted by atomic mass is 9.60. The zero-order valence-corrected chi connectivity index (χ0v) is 14.9. The molecule has 138 valence electrons. The minimum Gasteiger partial charge on any atom is -0.368 e. The number of aromatic amines is 1. The molecule has 1 saturated carbocycles. The highest BCUT2D eigenvalue weighted by atomic mass is 16.5. The maximum atomic E-state index is 12.7. The van der Waals surface area contributed by atoms with E-state index in [1.165, 1.54) is 0 Å². The first-order valence-corrected chi connectivity index (χ1v) is 9.30. The third-order valence-electron chi connectivity index (χ3n) is 6.14. The molecule has 2 fully saturated rings. The summed E-state index contributed by atoms with van der Waals surface area (Å²) >= 11 is 0. The van der Waals surface area contributed by atoms with Crippen molar-refractivity contribution in [2.75, 3.05) is 19.7 Å². The Hall–Kier alpha value is -2.34. The van der Waals surface area contributed by atoms with Crippen LogP contribution in [-0.2, 0) is 20.7 Å². The van der Waals surface area contributed by atoms with Gasteiger partial charge in [-0.1, -0.05) is 18.2 Å². The van der Waals surface area contributed by atoms with Gasteiger partial charge < -0.3 is 20.4 Å². The van der Waals surface area contributed by atoms with Crippen molar-refractivity contribution >= 4 is 22.7 Å². The molecule has 1 atom stereocenters. The van der Waals surface area contributed by atoms with Gasteiger partial charge in [0.15, 0.2) is 0 Å². The number of benzene rings is 1. The Bertz CT molecular complexity index is 821. The Morgan fingerprint density at radius 2 is 2.00 bits per heavy atom. The van der Waals surface area contributed by atoms with Crippen LogP contribution in [0.3, 0.4) is 0 Å². The average molecular weight is 355 g/mol. The van der Waals surface area contributed by atoms with Gasteiger partial charge in [-0.05, 0) is 37.3 Å². The van der Waals surface area contributed by atoms with Gasteiger partial charge >= 0.3 is 0 Å². The lowest BCUT2D eigenvalue weighted by Crippen LogP contribution is -2.54. The molecule has 2 aliphatic rings. The maximum absolute atomic E-state index is 12.7. The molecule has 2 aromatic rings. The van der Waals surface area contributed by atoms with Crippen LogP contribution < -0.4 is 5.73 Å². The summed E-state index contributed by atoms with van der Waals surface area (Å²) in [5.41, 5.74) is 7.44. The fourth-order valence-corrected chi connectivity index (χ4v) is 4.44. The summed E-state index contributed by atoms with van der Waals surface area (Å²) in [5, 5.41) is 1.12. The molecule has 2 amide bonds. The molecule has 6 nitrogen and oxygen atoms in total. The van der Waals surface area contributed by atoms with E-state index in [1.54, 1.807) is 0 Å². The van der Waals surface area contributed by atoms with Gasteiger partial charge in [0.1, 0.15) is 6.61 Å². The molecule has 0 radical (unpaired) electrons. The number of aromatic nitrogens is 1. The number of likely N-dealkylation sites (tertiary alicyclic amines) is 1. The van der Waals surface area contributed by atoms with Crippen LogP contribution in [0.15, 0.2) is 30.5 Å². The van der Waals surface area contributed by atoms with Gasteiger partial charge in [0.25, 0.3) is 0 Å². The molecule has 1 spiro atoms. The summed E-state index contributed by atoms with van der Waals surface area (Å²) < 4.78 is 5.68. The van der Waals surface area contributed by atoms with Crippen molar-refractivity contribution in [1.82, 2.24) is 9.88 Å². The number of H-pyrrole nitrogens is 1. The average Bonchev–Trinajstić information content (AvgIpc) is 3.04. The van der Waals surface area contributed by atoms with Crippen molar-refractivity contribution in [3.63, 3.8) is 0 Å². The Kier molecular flexibility index (Phi) is 4.44. The lowest BCUT2D eigenvalue weighted by molar-refractivity contribution is -0.155. The van der Waals surface area contributed by atoms with E-state index in [-0.39, 0.29) is 24.0 Å². The molecule has 1 aliphatic heterocycles. The van der Waals surface area contributed by atoms with Crippen LogP contribution in [0.1, 0.15) is 31.2 Å². The van der Waals surface area contributed by atoms with Crippen molar-refractivity contribution in [2.45, 2.75) is 38.2 Å². The molecule has 6 heteroatoms. The number of nitrogens with one attached hydrogen (secondary N) is 1. The number of fused-ring (bicyclic) bond motifs is 1. The summed E-state index contributed by atoms with van der Waals surface area (Å²) in [4.78, 5) is 28.9. The Morgan fingerprint density at radius 1 is 1.23 bits per heavy atom. The smallest absolute Gasteiger partial charge is 0.243 e. The quantitative estimate of drug-likeness (QED) is 0.859. The number of rotatable bonds is 5. The number of carbonyl (C=O) groups excluding carboxylic acids is 2. The summed E-state index contributed by atoms with van der Waals surface area (Å²) in [5.74, 6) is -0.239. The Labute approximate surface area is 152 Å². The topological polar surface area (TPSA) is 88.4 Å². The highest BCUT2D eigenvalue weighted by Crippen LogP contribution is 2.50. The number of para-hydroxylation sites is 1.